The van der Waals surface area contributed by atoms with E-state index in [-0.39, 0.29) is 18.4 Å². The Bertz CT molecular complexity index is 761. The summed E-state index contributed by atoms with van der Waals surface area (Å²) < 4.78 is 28.6. The van der Waals surface area contributed by atoms with Crippen molar-refractivity contribution in [2.75, 3.05) is 13.1 Å². The number of hydrogen-bond acceptors (Lipinski definition) is 4. The van der Waals surface area contributed by atoms with Crippen LogP contribution in [0.15, 0.2) is 28.5 Å². The third-order valence-corrected chi connectivity index (χ3v) is 7.62. The highest BCUT2D eigenvalue weighted by atomic mass is 35.5. The van der Waals surface area contributed by atoms with Gasteiger partial charge in [-0.2, -0.15) is 4.31 Å². The predicted molar refractivity (Wildman–Crippen MR) is 94.7 cm³/mol. The Hall–Kier alpha value is -0.370. The molecule has 0 radical (unpaired) electrons. The minimum Gasteiger partial charge on any atom is -0.329 e. The summed E-state index contributed by atoms with van der Waals surface area (Å²) in [6.07, 6.45) is 2.77. The molecule has 2 aromatic rings. The van der Waals surface area contributed by atoms with Crippen LogP contribution in [0.2, 0.25) is 5.02 Å². The molecule has 0 aliphatic carbocycles. The molecule has 8 heteroatoms. The number of piperidine rings is 1. The Kier molecular flexibility index (Phi) is 5.74. The van der Waals surface area contributed by atoms with Crippen molar-refractivity contribution in [1.82, 2.24) is 4.31 Å². The first-order valence-corrected chi connectivity index (χ1v) is 9.57. The van der Waals surface area contributed by atoms with Crippen LogP contribution in [0, 0.1) is 0 Å². The molecule has 4 nitrogen and oxygen atoms in total. The van der Waals surface area contributed by atoms with Gasteiger partial charge in [0.15, 0.2) is 0 Å². The van der Waals surface area contributed by atoms with Crippen molar-refractivity contribution >= 4 is 55.5 Å². The van der Waals surface area contributed by atoms with Gasteiger partial charge in [-0.1, -0.05) is 18.0 Å². The van der Waals surface area contributed by atoms with E-state index in [0.29, 0.717) is 22.3 Å². The van der Waals surface area contributed by atoms with E-state index in [9.17, 15) is 8.42 Å². The van der Waals surface area contributed by atoms with Gasteiger partial charge >= 0.3 is 0 Å². The molecular formula is C14H18Cl2N2O2S2. The lowest BCUT2D eigenvalue weighted by Crippen LogP contribution is -2.47. The van der Waals surface area contributed by atoms with E-state index in [1.54, 1.807) is 22.5 Å². The second-order valence-corrected chi connectivity index (χ2v) is 8.89. The average Bonchev–Trinajstić information content (AvgIpc) is 2.91. The number of sulfonamides is 1. The summed E-state index contributed by atoms with van der Waals surface area (Å²) in [6, 6.07) is 7.06. The van der Waals surface area contributed by atoms with Gasteiger partial charge in [-0.05, 0) is 42.5 Å². The highest BCUT2D eigenvalue weighted by Crippen LogP contribution is 2.34. The van der Waals surface area contributed by atoms with Crippen LogP contribution in [0.3, 0.4) is 0 Å². The summed E-state index contributed by atoms with van der Waals surface area (Å²) in [5.41, 5.74) is 5.74. The molecule has 1 saturated heterocycles. The van der Waals surface area contributed by atoms with Crippen LogP contribution in [0.1, 0.15) is 19.3 Å². The molecule has 1 fully saturated rings. The van der Waals surface area contributed by atoms with Crippen molar-refractivity contribution in [2.45, 2.75) is 29.5 Å². The van der Waals surface area contributed by atoms with E-state index in [1.807, 2.05) is 6.07 Å². The fraction of sp³-hybridized carbons (Fsp3) is 0.429. The second-order valence-electron chi connectivity index (χ2n) is 5.25. The summed E-state index contributed by atoms with van der Waals surface area (Å²) in [7, 11) is -3.47. The van der Waals surface area contributed by atoms with E-state index in [0.717, 1.165) is 29.3 Å². The third-order valence-electron chi connectivity index (χ3n) is 3.86. The molecule has 0 saturated carbocycles. The van der Waals surface area contributed by atoms with Crippen LogP contribution < -0.4 is 5.73 Å². The number of halogens is 2. The second kappa shape index (κ2) is 7.03. The molecular weight excluding hydrogens is 363 g/mol. The quantitative estimate of drug-likeness (QED) is 0.886. The lowest BCUT2D eigenvalue weighted by molar-refractivity contribution is 0.258. The molecule has 3 rings (SSSR count). The third kappa shape index (κ3) is 3.27. The minimum absolute atomic E-state index is 0. The minimum atomic E-state index is -3.47. The number of hydrogen-bond donors (Lipinski definition) is 1. The topological polar surface area (TPSA) is 63.4 Å². The Labute approximate surface area is 145 Å². The summed E-state index contributed by atoms with van der Waals surface area (Å²) >= 11 is 7.25. The lowest BCUT2D eigenvalue weighted by atomic mass is 10.1. The summed E-state index contributed by atoms with van der Waals surface area (Å²) in [5.74, 6) is 0. The molecule has 1 unspecified atom stereocenters. The number of rotatable bonds is 3. The molecule has 1 aliphatic rings. The van der Waals surface area contributed by atoms with E-state index >= 15 is 0 Å². The van der Waals surface area contributed by atoms with Gasteiger partial charge in [-0.3, -0.25) is 0 Å². The van der Waals surface area contributed by atoms with Crippen LogP contribution >= 0.6 is 35.3 Å². The van der Waals surface area contributed by atoms with Gasteiger partial charge in [0.2, 0.25) is 0 Å². The Morgan fingerprint density at radius 1 is 1.32 bits per heavy atom. The first kappa shape index (κ1) is 18.0. The maximum atomic E-state index is 12.9. The number of fused-ring (bicyclic) bond motifs is 1. The van der Waals surface area contributed by atoms with Gasteiger partial charge in [-0.25, -0.2) is 8.42 Å². The zero-order valence-corrected chi connectivity index (χ0v) is 15.1. The molecule has 1 atom stereocenters. The molecule has 0 bridgehead atoms. The first-order valence-electron chi connectivity index (χ1n) is 6.93. The van der Waals surface area contributed by atoms with Gasteiger partial charge in [0.05, 0.1) is 0 Å². The van der Waals surface area contributed by atoms with Gasteiger partial charge in [-0.15, -0.1) is 23.7 Å². The zero-order valence-electron chi connectivity index (χ0n) is 11.9. The van der Waals surface area contributed by atoms with Crippen molar-refractivity contribution < 1.29 is 8.42 Å². The van der Waals surface area contributed by atoms with E-state index in [1.165, 1.54) is 11.3 Å². The van der Waals surface area contributed by atoms with Gasteiger partial charge in [0, 0.05) is 28.9 Å². The van der Waals surface area contributed by atoms with Crippen LogP contribution in [0.4, 0.5) is 0 Å². The summed E-state index contributed by atoms with van der Waals surface area (Å²) in [5, 5.41) is 1.48. The number of nitrogens with two attached hydrogens (primary N) is 1. The number of benzene rings is 1. The molecule has 1 aliphatic heterocycles. The van der Waals surface area contributed by atoms with Crippen molar-refractivity contribution in [2.24, 2.45) is 5.73 Å². The molecule has 1 aromatic carbocycles. The predicted octanol–water partition coefficient (Wildman–Crippen LogP) is 3.48. The molecule has 2 N–H and O–H groups in total. The number of nitrogens with zero attached hydrogens (tertiary/aromatic N) is 1. The first-order chi connectivity index (χ1) is 10.0. The fourth-order valence-corrected chi connectivity index (χ4v) is 6.15. The fourth-order valence-electron chi connectivity index (χ4n) is 2.76. The highest BCUT2D eigenvalue weighted by molar-refractivity contribution is 7.91. The lowest BCUT2D eigenvalue weighted by Gasteiger charge is -2.33. The standard InChI is InChI=1S/C14H17ClN2O2S2.ClH/c15-11-4-5-13-10(7-11)8-14(20-13)21(18,19)17-6-2-1-3-12(17)9-16;/h4-5,7-8,12H,1-3,6,9,16H2;1H. The van der Waals surface area contributed by atoms with Crippen molar-refractivity contribution in [3.8, 4) is 0 Å². The van der Waals surface area contributed by atoms with Gasteiger partial charge in [0.25, 0.3) is 10.0 Å². The summed E-state index contributed by atoms with van der Waals surface area (Å²) in [4.78, 5) is 0. The normalized spacial score (nSPS) is 20.0. The monoisotopic (exact) mass is 380 g/mol. The average molecular weight is 381 g/mol. The van der Waals surface area contributed by atoms with E-state index < -0.39 is 10.0 Å². The Morgan fingerprint density at radius 3 is 2.82 bits per heavy atom. The molecule has 2 heterocycles. The van der Waals surface area contributed by atoms with Crippen LogP contribution in [0.5, 0.6) is 0 Å². The molecule has 22 heavy (non-hydrogen) atoms. The smallest absolute Gasteiger partial charge is 0.252 e. The molecule has 1 aromatic heterocycles. The van der Waals surface area contributed by atoms with Crippen LogP contribution in [-0.2, 0) is 10.0 Å². The largest absolute Gasteiger partial charge is 0.329 e. The SMILES string of the molecule is Cl.NCC1CCCCN1S(=O)(=O)c1cc2cc(Cl)ccc2s1. The maximum absolute atomic E-state index is 12.9. The molecule has 0 spiro atoms. The Balaban J connectivity index is 0.00000176. The van der Waals surface area contributed by atoms with Crippen molar-refractivity contribution in [3.05, 3.63) is 29.3 Å². The molecule has 0 amide bonds. The van der Waals surface area contributed by atoms with Crippen molar-refractivity contribution in [1.29, 1.82) is 0 Å². The van der Waals surface area contributed by atoms with Crippen molar-refractivity contribution in [3.63, 3.8) is 0 Å². The van der Waals surface area contributed by atoms with Crippen LogP contribution in [-0.4, -0.2) is 31.9 Å². The van der Waals surface area contributed by atoms with Crippen LogP contribution in [0.25, 0.3) is 10.1 Å². The summed E-state index contributed by atoms with van der Waals surface area (Å²) in [6.45, 7) is 0.926. The Morgan fingerprint density at radius 2 is 2.09 bits per heavy atom. The maximum Gasteiger partial charge on any atom is 0.252 e. The number of thiophene rings is 1. The van der Waals surface area contributed by atoms with Gasteiger partial charge in [0.1, 0.15) is 4.21 Å². The molecule has 122 valence electrons. The van der Waals surface area contributed by atoms with E-state index in [4.69, 9.17) is 17.3 Å². The van der Waals surface area contributed by atoms with Gasteiger partial charge < -0.3 is 5.73 Å². The highest BCUT2D eigenvalue weighted by Gasteiger charge is 2.33. The van der Waals surface area contributed by atoms with E-state index in [2.05, 4.69) is 0 Å². The zero-order chi connectivity index (χ0) is 15.0.